The Hall–Kier alpha value is -2.13. The van der Waals surface area contributed by atoms with E-state index in [4.69, 9.17) is 0 Å². The molecule has 0 bridgehead atoms. The van der Waals surface area contributed by atoms with Crippen molar-refractivity contribution in [3.8, 4) is 0 Å². The van der Waals surface area contributed by atoms with Crippen molar-refractivity contribution in [1.29, 1.82) is 0 Å². The van der Waals surface area contributed by atoms with Gasteiger partial charge in [-0.25, -0.2) is 0 Å². The second-order valence-electron chi connectivity index (χ2n) is 5.37. The Bertz CT molecular complexity index is 605. The number of rotatable bonds is 5. The van der Waals surface area contributed by atoms with Gasteiger partial charge < -0.3 is 10.6 Å². The van der Waals surface area contributed by atoms with Gasteiger partial charge in [0, 0.05) is 11.7 Å². The number of amides is 1. The van der Waals surface area contributed by atoms with Crippen molar-refractivity contribution in [2.75, 3.05) is 11.9 Å². The standard InChI is InChI=1S/C18H22N2O/c1-13-8-10-16(11-9-13)20-18(21)12-19-15(3)17-7-5-4-6-14(17)2/h4-11,15,19H,12H2,1-3H3,(H,20,21)/t15-/m0/s1. The van der Waals surface area contributed by atoms with Crippen LogP contribution in [0.15, 0.2) is 48.5 Å². The fourth-order valence-corrected chi connectivity index (χ4v) is 2.27. The van der Waals surface area contributed by atoms with Gasteiger partial charge >= 0.3 is 0 Å². The molecule has 0 aliphatic carbocycles. The topological polar surface area (TPSA) is 41.1 Å². The van der Waals surface area contributed by atoms with Gasteiger partial charge in [-0.2, -0.15) is 0 Å². The van der Waals surface area contributed by atoms with E-state index < -0.39 is 0 Å². The van der Waals surface area contributed by atoms with Gasteiger partial charge in [0.1, 0.15) is 0 Å². The van der Waals surface area contributed by atoms with E-state index in [1.807, 2.05) is 43.3 Å². The Labute approximate surface area is 126 Å². The summed E-state index contributed by atoms with van der Waals surface area (Å²) >= 11 is 0. The quantitative estimate of drug-likeness (QED) is 0.880. The SMILES string of the molecule is Cc1ccc(NC(=O)CN[C@@H](C)c2ccccc2C)cc1. The van der Waals surface area contributed by atoms with Gasteiger partial charge in [-0.1, -0.05) is 42.0 Å². The van der Waals surface area contributed by atoms with Crippen LogP contribution in [0.3, 0.4) is 0 Å². The molecule has 21 heavy (non-hydrogen) atoms. The van der Waals surface area contributed by atoms with Crippen molar-refractivity contribution in [3.05, 3.63) is 65.2 Å². The summed E-state index contributed by atoms with van der Waals surface area (Å²) in [6.07, 6.45) is 0. The van der Waals surface area contributed by atoms with Crippen LogP contribution >= 0.6 is 0 Å². The first-order chi connectivity index (χ1) is 10.1. The van der Waals surface area contributed by atoms with E-state index in [0.717, 1.165) is 5.69 Å². The molecule has 0 unspecified atom stereocenters. The Morgan fingerprint density at radius 1 is 1.05 bits per heavy atom. The van der Waals surface area contributed by atoms with Gasteiger partial charge in [-0.15, -0.1) is 0 Å². The zero-order chi connectivity index (χ0) is 15.2. The second kappa shape index (κ2) is 7.04. The minimum absolute atomic E-state index is 0.0284. The Balaban J connectivity index is 1.86. The van der Waals surface area contributed by atoms with Crippen molar-refractivity contribution in [3.63, 3.8) is 0 Å². The molecule has 0 heterocycles. The van der Waals surface area contributed by atoms with Gasteiger partial charge in [0.2, 0.25) is 5.91 Å². The third-order valence-electron chi connectivity index (χ3n) is 3.56. The van der Waals surface area contributed by atoms with Gasteiger partial charge in [-0.3, -0.25) is 4.79 Å². The van der Waals surface area contributed by atoms with Crippen LogP contribution in [0, 0.1) is 13.8 Å². The molecule has 0 aromatic heterocycles. The van der Waals surface area contributed by atoms with Crippen LogP contribution in [-0.2, 0) is 4.79 Å². The van der Waals surface area contributed by atoms with Crippen LogP contribution in [0.2, 0.25) is 0 Å². The fourth-order valence-electron chi connectivity index (χ4n) is 2.27. The molecule has 0 saturated heterocycles. The molecule has 1 amide bonds. The summed E-state index contributed by atoms with van der Waals surface area (Å²) in [7, 11) is 0. The first kappa shape index (κ1) is 15.3. The van der Waals surface area contributed by atoms with Gasteiger partial charge in [-0.05, 0) is 44.0 Å². The molecule has 0 aliphatic heterocycles. The third-order valence-corrected chi connectivity index (χ3v) is 3.56. The van der Waals surface area contributed by atoms with E-state index in [1.54, 1.807) is 0 Å². The number of aryl methyl sites for hydroxylation is 2. The van der Waals surface area contributed by atoms with Crippen LogP contribution in [-0.4, -0.2) is 12.5 Å². The number of hydrogen-bond acceptors (Lipinski definition) is 2. The molecule has 2 aromatic carbocycles. The molecule has 2 N–H and O–H groups in total. The first-order valence-corrected chi connectivity index (χ1v) is 7.21. The molecule has 110 valence electrons. The van der Waals surface area contributed by atoms with Gasteiger partial charge in [0.25, 0.3) is 0 Å². The Morgan fingerprint density at radius 3 is 2.38 bits per heavy atom. The highest BCUT2D eigenvalue weighted by Gasteiger charge is 2.09. The highest BCUT2D eigenvalue weighted by atomic mass is 16.1. The smallest absolute Gasteiger partial charge is 0.238 e. The summed E-state index contributed by atoms with van der Waals surface area (Å²) in [6.45, 7) is 6.47. The summed E-state index contributed by atoms with van der Waals surface area (Å²) in [5.41, 5.74) is 4.47. The maximum absolute atomic E-state index is 11.9. The van der Waals surface area contributed by atoms with Gasteiger partial charge in [0.05, 0.1) is 6.54 Å². The molecular formula is C18H22N2O. The lowest BCUT2D eigenvalue weighted by molar-refractivity contribution is -0.115. The van der Waals surface area contributed by atoms with Crippen LogP contribution in [0.1, 0.15) is 29.7 Å². The first-order valence-electron chi connectivity index (χ1n) is 7.21. The Morgan fingerprint density at radius 2 is 1.71 bits per heavy atom. The van der Waals surface area contributed by atoms with Crippen molar-refractivity contribution in [2.45, 2.75) is 26.8 Å². The molecule has 0 aliphatic rings. The molecule has 0 fully saturated rings. The number of carbonyl (C=O) groups excluding carboxylic acids is 1. The average molecular weight is 282 g/mol. The summed E-state index contributed by atoms with van der Waals surface area (Å²) in [4.78, 5) is 11.9. The monoisotopic (exact) mass is 282 g/mol. The fraction of sp³-hybridized carbons (Fsp3) is 0.278. The molecule has 0 radical (unpaired) electrons. The molecule has 0 spiro atoms. The number of nitrogens with one attached hydrogen (secondary N) is 2. The minimum Gasteiger partial charge on any atom is -0.325 e. The zero-order valence-corrected chi connectivity index (χ0v) is 12.8. The van der Waals surface area contributed by atoms with Crippen LogP contribution in [0.25, 0.3) is 0 Å². The highest BCUT2D eigenvalue weighted by Crippen LogP contribution is 2.16. The van der Waals surface area contributed by atoms with Crippen LogP contribution in [0.4, 0.5) is 5.69 Å². The second-order valence-corrected chi connectivity index (χ2v) is 5.37. The summed E-state index contributed by atoms with van der Waals surface area (Å²) in [5, 5.41) is 6.15. The van der Waals surface area contributed by atoms with Crippen molar-refractivity contribution >= 4 is 11.6 Å². The highest BCUT2D eigenvalue weighted by molar-refractivity contribution is 5.92. The maximum Gasteiger partial charge on any atom is 0.238 e. The van der Waals surface area contributed by atoms with Crippen molar-refractivity contribution < 1.29 is 4.79 Å². The zero-order valence-electron chi connectivity index (χ0n) is 12.8. The normalized spacial score (nSPS) is 12.0. The number of benzene rings is 2. The lowest BCUT2D eigenvalue weighted by atomic mass is 10.0. The van der Waals surface area contributed by atoms with Crippen molar-refractivity contribution in [1.82, 2.24) is 5.32 Å². The number of anilines is 1. The van der Waals surface area contributed by atoms with E-state index >= 15 is 0 Å². The predicted molar refractivity (Wildman–Crippen MR) is 87.4 cm³/mol. The summed E-state index contributed by atoms with van der Waals surface area (Å²) < 4.78 is 0. The largest absolute Gasteiger partial charge is 0.325 e. The third kappa shape index (κ3) is 4.43. The van der Waals surface area contributed by atoms with E-state index in [0.29, 0.717) is 6.54 Å². The van der Waals surface area contributed by atoms with Crippen LogP contribution in [0.5, 0.6) is 0 Å². The van der Waals surface area contributed by atoms with E-state index in [1.165, 1.54) is 16.7 Å². The van der Waals surface area contributed by atoms with E-state index in [2.05, 4.69) is 36.6 Å². The van der Waals surface area contributed by atoms with E-state index in [-0.39, 0.29) is 11.9 Å². The van der Waals surface area contributed by atoms with E-state index in [9.17, 15) is 4.79 Å². The lowest BCUT2D eigenvalue weighted by Crippen LogP contribution is -2.30. The number of carbonyl (C=O) groups is 1. The summed E-state index contributed by atoms with van der Waals surface area (Å²) in [6, 6.07) is 16.2. The molecular weight excluding hydrogens is 260 g/mol. The Kier molecular flexibility index (Phi) is 5.12. The molecule has 3 heteroatoms. The number of hydrogen-bond donors (Lipinski definition) is 2. The summed E-state index contributed by atoms with van der Waals surface area (Å²) in [5.74, 6) is -0.0284. The predicted octanol–water partition coefficient (Wildman–Crippen LogP) is 3.59. The van der Waals surface area contributed by atoms with Crippen molar-refractivity contribution in [2.24, 2.45) is 0 Å². The average Bonchev–Trinajstić information content (AvgIpc) is 2.48. The molecule has 2 rings (SSSR count). The molecule has 3 nitrogen and oxygen atoms in total. The maximum atomic E-state index is 11.9. The van der Waals surface area contributed by atoms with Gasteiger partial charge in [0.15, 0.2) is 0 Å². The van der Waals surface area contributed by atoms with Crippen LogP contribution < -0.4 is 10.6 Å². The molecule has 1 atom stereocenters. The molecule has 0 saturated carbocycles. The lowest BCUT2D eigenvalue weighted by Gasteiger charge is -2.16. The molecule has 2 aromatic rings. The minimum atomic E-state index is -0.0284.